The summed E-state index contributed by atoms with van der Waals surface area (Å²) >= 11 is 0. The lowest BCUT2D eigenvalue weighted by Gasteiger charge is -2.22. The summed E-state index contributed by atoms with van der Waals surface area (Å²) < 4.78 is 5.12. The topological polar surface area (TPSA) is 84.5 Å². The number of ether oxygens (including phenoxy) is 1. The number of nitrogens with one attached hydrogen (secondary N) is 2. The Hall–Kier alpha value is -2.37. The Morgan fingerprint density at radius 1 is 1.17 bits per heavy atom. The van der Waals surface area contributed by atoms with E-state index in [0.29, 0.717) is 36.4 Å². The van der Waals surface area contributed by atoms with Gasteiger partial charge in [-0.25, -0.2) is 4.79 Å². The predicted molar refractivity (Wildman–Crippen MR) is 87.8 cm³/mol. The molecule has 0 saturated heterocycles. The van der Waals surface area contributed by atoms with Crippen LogP contribution in [0.2, 0.25) is 0 Å². The second-order valence-electron chi connectivity index (χ2n) is 6.09. The highest BCUT2D eigenvalue weighted by atomic mass is 16.5. The smallest absolute Gasteiger partial charge is 0.411 e. The largest absolute Gasteiger partial charge is 0.449 e. The van der Waals surface area contributed by atoms with Crippen LogP contribution in [0.5, 0.6) is 0 Å². The van der Waals surface area contributed by atoms with Gasteiger partial charge in [0.1, 0.15) is 0 Å². The molecule has 0 aliphatic heterocycles. The Morgan fingerprint density at radius 2 is 1.87 bits per heavy atom. The molecule has 0 unspecified atom stereocenters. The third-order valence-electron chi connectivity index (χ3n) is 3.52. The monoisotopic (exact) mass is 318 g/mol. The minimum atomic E-state index is -0.536. The van der Waals surface area contributed by atoms with Crippen LogP contribution in [0.15, 0.2) is 12.1 Å². The zero-order valence-electron chi connectivity index (χ0n) is 13.7. The summed E-state index contributed by atoms with van der Waals surface area (Å²) in [7, 11) is 0. The highest BCUT2D eigenvalue weighted by Crippen LogP contribution is 2.33. The highest BCUT2D eigenvalue weighted by Gasteiger charge is 2.24. The van der Waals surface area contributed by atoms with Gasteiger partial charge in [0, 0.05) is 24.6 Å². The molecule has 0 bridgehead atoms. The molecule has 0 saturated carbocycles. The molecule has 2 N–H and O–H groups in total. The summed E-state index contributed by atoms with van der Waals surface area (Å²) in [6, 6.07) is 3.33. The van der Waals surface area contributed by atoms with Crippen LogP contribution in [0.3, 0.4) is 0 Å². The maximum atomic E-state index is 12.2. The van der Waals surface area contributed by atoms with Gasteiger partial charge in [0.05, 0.1) is 12.3 Å². The SMILES string of the molecule is CC(=O)Nc1ccc(NC(=O)OCC(C)C)c2c1C(=O)CCC2. The highest BCUT2D eigenvalue weighted by molar-refractivity contribution is 6.08. The average molecular weight is 318 g/mol. The van der Waals surface area contributed by atoms with Crippen LogP contribution in [-0.2, 0) is 16.0 Å². The molecule has 0 heterocycles. The van der Waals surface area contributed by atoms with Crippen molar-refractivity contribution in [2.24, 2.45) is 5.92 Å². The first-order valence-electron chi connectivity index (χ1n) is 7.79. The van der Waals surface area contributed by atoms with E-state index in [9.17, 15) is 14.4 Å². The van der Waals surface area contributed by atoms with E-state index in [1.165, 1.54) is 6.92 Å². The quantitative estimate of drug-likeness (QED) is 0.891. The van der Waals surface area contributed by atoms with E-state index >= 15 is 0 Å². The molecule has 1 aromatic rings. The van der Waals surface area contributed by atoms with Gasteiger partial charge in [-0.05, 0) is 36.5 Å². The Morgan fingerprint density at radius 3 is 2.52 bits per heavy atom. The maximum Gasteiger partial charge on any atom is 0.411 e. The number of carbonyl (C=O) groups is 3. The summed E-state index contributed by atoms with van der Waals surface area (Å²) in [5.74, 6) is -0.00444. The van der Waals surface area contributed by atoms with Crippen molar-refractivity contribution in [2.45, 2.75) is 40.0 Å². The molecule has 6 nitrogen and oxygen atoms in total. The van der Waals surface area contributed by atoms with Gasteiger partial charge in [-0.15, -0.1) is 0 Å². The third kappa shape index (κ3) is 4.31. The van der Waals surface area contributed by atoms with Gasteiger partial charge in [-0.1, -0.05) is 13.8 Å². The fourth-order valence-electron chi connectivity index (χ4n) is 2.58. The van der Waals surface area contributed by atoms with E-state index in [-0.39, 0.29) is 17.6 Å². The summed E-state index contributed by atoms with van der Waals surface area (Å²) in [6.07, 6.45) is 1.31. The lowest BCUT2D eigenvalue weighted by Crippen LogP contribution is -2.21. The van der Waals surface area contributed by atoms with Gasteiger partial charge in [0.25, 0.3) is 0 Å². The standard InChI is InChI=1S/C17H22N2O4/c1-10(2)9-23-17(22)19-13-7-8-14(18-11(3)20)16-12(13)5-4-6-15(16)21/h7-8,10H,4-6,9H2,1-3H3,(H,18,20)(H,19,22). The number of amides is 2. The molecule has 2 amide bonds. The predicted octanol–water partition coefficient (Wildman–Crippen LogP) is 3.37. The molecule has 1 aliphatic rings. The first kappa shape index (κ1) is 17.0. The van der Waals surface area contributed by atoms with Crippen molar-refractivity contribution in [3.8, 4) is 0 Å². The Labute approximate surface area is 135 Å². The molecule has 23 heavy (non-hydrogen) atoms. The molecular formula is C17H22N2O4. The second kappa shape index (κ2) is 7.26. The molecule has 1 aromatic carbocycles. The van der Waals surface area contributed by atoms with E-state index in [1.807, 2.05) is 13.8 Å². The fourth-order valence-corrected chi connectivity index (χ4v) is 2.58. The van der Waals surface area contributed by atoms with Crippen LogP contribution >= 0.6 is 0 Å². The normalized spacial score (nSPS) is 13.5. The van der Waals surface area contributed by atoms with Gasteiger partial charge in [-0.2, -0.15) is 0 Å². The third-order valence-corrected chi connectivity index (χ3v) is 3.52. The molecule has 124 valence electrons. The van der Waals surface area contributed by atoms with Crippen LogP contribution in [0, 0.1) is 5.92 Å². The fraction of sp³-hybridized carbons (Fsp3) is 0.471. The van der Waals surface area contributed by atoms with Gasteiger partial charge >= 0.3 is 6.09 Å². The van der Waals surface area contributed by atoms with Crippen LogP contribution in [-0.4, -0.2) is 24.4 Å². The van der Waals surface area contributed by atoms with Crippen molar-refractivity contribution in [2.75, 3.05) is 17.2 Å². The minimum Gasteiger partial charge on any atom is -0.449 e. The van der Waals surface area contributed by atoms with Gasteiger partial charge in [0.15, 0.2) is 5.78 Å². The summed E-state index contributed by atoms with van der Waals surface area (Å²) in [5.41, 5.74) is 2.32. The maximum absolute atomic E-state index is 12.2. The van der Waals surface area contributed by atoms with E-state index in [2.05, 4.69) is 10.6 Å². The Balaban J connectivity index is 2.28. The van der Waals surface area contributed by atoms with Crippen molar-refractivity contribution in [1.82, 2.24) is 0 Å². The zero-order valence-corrected chi connectivity index (χ0v) is 13.7. The van der Waals surface area contributed by atoms with Crippen LogP contribution in [0.25, 0.3) is 0 Å². The van der Waals surface area contributed by atoms with E-state index in [1.54, 1.807) is 12.1 Å². The number of rotatable bonds is 4. The van der Waals surface area contributed by atoms with Crippen LogP contribution < -0.4 is 10.6 Å². The number of anilines is 2. The number of hydrogen-bond acceptors (Lipinski definition) is 4. The molecule has 0 radical (unpaired) electrons. The van der Waals surface area contributed by atoms with Gasteiger partial charge in [0.2, 0.25) is 5.91 Å². The molecule has 1 aliphatic carbocycles. The molecule has 0 aromatic heterocycles. The number of fused-ring (bicyclic) bond motifs is 1. The van der Waals surface area contributed by atoms with Crippen molar-refractivity contribution in [1.29, 1.82) is 0 Å². The molecular weight excluding hydrogens is 296 g/mol. The van der Waals surface area contributed by atoms with Gasteiger partial charge < -0.3 is 10.1 Å². The molecule has 0 spiro atoms. The number of benzene rings is 1. The van der Waals surface area contributed by atoms with Crippen molar-refractivity contribution < 1.29 is 19.1 Å². The average Bonchev–Trinajstić information content (AvgIpc) is 2.47. The molecule has 0 atom stereocenters. The van der Waals surface area contributed by atoms with Crippen LogP contribution in [0.1, 0.15) is 49.5 Å². The molecule has 0 fully saturated rings. The van der Waals surface area contributed by atoms with E-state index in [4.69, 9.17) is 4.74 Å². The second-order valence-corrected chi connectivity index (χ2v) is 6.09. The first-order valence-corrected chi connectivity index (χ1v) is 7.79. The first-order chi connectivity index (χ1) is 10.9. The minimum absolute atomic E-state index is 0.0193. The van der Waals surface area contributed by atoms with Crippen molar-refractivity contribution >= 4 is 29.2 Å². The number of Topliss-reactive ketones (excluding diaryl/α,β-unsaturated/α-hetero) is 1. The summed E-state index contributed by atoms with van der Waals surface area (Å²) in [5, 5.41) is 5.38. The lowest BCUT2D eigenvalue weighted by molar-refractivity contribution is -0.114. The van der Waals surface area contributed by atoms with E-state index in [0.717, 1.165) is 12.0 Å². The van der Waals surface area contributed by atoms with Crippen LogP contribution in [0.4, 0.5) is 16.2 Å². The number of hydrogen-bond donors (Lipinski definition) is 2. The Kier molecular flexibility index (Phi) is 5.36. The molecule has 2 rings (SSSR count). The summed E-state index contributed by atoms with van der Waals surface area (Å²) in [6.45, 7) is 5.64. The van der Waals surface area contributed by atoms with Gasteiger partial charge in [-0.3, -0.25) is 14.9 Å². The zero-order chi connectivity index (χ0) is 17.0. The Bertz CT molecular complexity index is 638. The number of carbonyl (C=O) groups excluding carboxylic acids is 3. The summed E-state index contributed by atoms with van der Waals surface area (Å²) in [4.78, 5) is 35.4. The van der Waals surface area contributed by atoms with E-state index < -0.39 is 6.09 Å². The number of ketones is 1. The van der Waals surface area contributed by atoms with Crippen molar-refractivity contribution in [3.63, 3.8) is 0 Å². The molecule has 6 heteroatoms. The van der Waals surface area contributed by atoms with Crippen molar-refractivity contribution in [3.05, 3.63) is 23.3 Å². The lowest BCUT2D eigenvalue weighted by atomic mass is 9.88.